The Balaban J connectivity index is 2.21. The average Bonchev–Trinajstić information content (AvgIpc) is 2.57. The molecular weight excluding hydrogens is 395 g/mol. The van der Waals surface area contributed by atoms with Crippen LogP contribution in [0.3, 0.4) is 0 Å². The minimum Gasteiger partial charge on any atom is -0.481 e. The second-order valence-electron chi connectivity index (χ2n) is 6.71. The fraction of sp³-hybridized carbons (Fsp3) is 0.579. The summed E-state index contributed by atoms with van der Waals surface area (Å²) < 4.78 is 0. The highest BCUT2D eigenvalue weighted by atomic mass is 35.5. The van der Waals surface area contributed by atoms with E-state index in [0.717, 1.165) is 44.1 Å². The van der Waals surface area contributed by atoms with E-state index in [1.54, 1.807) is 6.07 Å². The lowest BCUT2D eigenvalue weighted by Crippen LogP contribution is -2.51. The van der Waals surface area contributed by atoms with Gasteiger partial charge in [-0.15, -0.1) is 0 Å². The van der Waals surface area contributed by atoms with Gasteiger partial charge in [-0.3, -0.25) is 4.79 Å². The van der Waals surface area contributed by atoms with Gasteiger partial charge in [0.15, 0.2) is 5.60 Å². The van der Waals surface area contributed by atoms with Crippen LogP contribution in [0.25, 0.3) is 0 Å². The number of rotatable bonds is 13. The van der Waals surface area contributed by atoms with Crippen LogP contribution in [0.4, 0.5) is 0 Å². The monoisotopic (exact) mass is 420 g/mol. The van der Waals surface area contributed by atoms with Gasteiger partial charge in [-0.1, -0.05) is 61.4 Å². The third kappa shape index (κ3) is 8.05. The zero-order valence-electron chi connectivity index (χ0n) is 15.0. The van der Waals surface area contributed by atoms with E-state index in [1.807, 2.05) is 12.1 Å². The van der Waals surface area contributed by atoms with E-state index in [4.69, 9.17) is 33.4 Å². The molecule has 0 aliphatic rings. The molecule has 1 aromatic rings. The molecule has 1 aromatic carbocycles. The van der Waals surface area contributed by atoms with E-state index in [0.29, 0.717) is 16.5 Å². The maximum absolute atomic E-state index is 11.1. The summed E-state index contributed by atoms with van der Waals surface area (Å²) in [4.78, 5) is 21.8. The number of carbonyl (C=O) groups is 2. The number of aryl methyl sites for hydroxylation is 1. The normalized spacial score (nSPS) is 14.5. The Morgan fingerprint density at radius 1 is 1.00 bits per heavy atom. The first-order valence-corrected chi connectivity index (χ1v) is 9.72. The van der Waals surface area contributed by atoms with Crippen molar-refractivity contribution in [2.75, 3.05) is 0 Å². The van der Waals surface area contributed by atoms with Crippen LogP contribution in [-0.2, 0) is 16.0 Å². The maximum Gasteiger partial charge on any atom is 0.339 e. The topological polar surface area (TPSA) is 115 Å². The average molecular weight is 421 g/mol. The number of aliphatic carboxylic acids is 2. The van der Waals surface area contributed by atoms with Gasteiger partial charge < -0.3 is 20.4 Å². The number of halogens is 2. The lowest BCUT2D eigenvalue weighted by atomic mass is 9.89. The molecule has 27 heavy (non-hydrogen) atoms. The quantitative estimate of drug-likeness (QED) is 0.359. The fourth-order valence-corrected chi connectivity index (χ4v) is 3.39. The first-order chi connectivity index (χ1) is 12.7. The molecule has 2 atom stereocenters. The minimum absolute atomic E-state index is 0.0382. The molecule has 6 nitrogen and oxygen atoms in total. The number of carboxylic acids is 2. The number of benzene rings is 1. The molecule has 0 saturated heterocycles. The molecule has 0 radical (unpaired) electrons. The summed E-state index contributed by atoms with van der Waals surface area (Å²) in [7, 11) is 0. The lowest BCUT2D eigenvalue weighted by molar-refractivity contribution is -0.179. The number of unbranched alkanes of at least 4 members (excludes halogenated alkanes) is 5. The summed E-state index contributed by atoms with van der Waals surface area (Å²) in [5.74, 6) is -3.20. The highest BCUT2D eigenvalue weighted by Gasteiger charge is 2.45. The van der Waals surface area contributed by atoms with Crippen molar-refractivity contribution in [3.05, 3.63) is 33.8 Å². The van der Waals surface area contributed by atoms with Crippen LogP contribution in [0.15, 0.2) is 18.2 Å². The van der Waals surface area contributed by atoms with Crippen LogP contribution < -0.4 is 0 Å². The van der Waals surface area contributed by atoms with Crippen molar-refractivity contribution in [3.8, 4) is 0 Å². The van der Waals surface area contributed by atoms with E-state index >= 15 is 0 Å². The van der Waals surface area contributed by atoms with Crippen molar-refractivity contribution in [1.29, 1.82) is 0 Å². The first kappa shape index (κ1) is 23.7. The fourth-order valence-electron chi connectivity index (χ4n) is 2.89. The van der Waals surface area contributed by atoms with Crippen molar-refractivity contribution >= 4 is 35.1 Å². The van der Waals surface area contributed by atoms with Crippen LogP contribution in [0.5, 0.6) is 0 Å². The lowest BCUT2D eigenvalue weighted by Gasteiger charge is -2.27. The predicted octanol–water partition coefficient (Wildman–Crippen LogP) is 3.92. The molecule has 0 amide bonds. The predicted molar refractivity (Wildman–Crippen MR) is 103 cm³/mol. The van der Waals surface area contributed by atoms with Crippen LogP contribution in [0.2, 0.25) is 10.0 Å². The van der Waals surface area contributed by atoms with Gasteiger partial charge in [-0.2, -0.15) is 0 Å². The largest absolute Gasteiger partial charge is 0.481 e. The molecule has 0 heterocycles. The molecule has 0 aliphatic carbocycles. The Hall–Kier alpha value is -1.34. The first-order valence-electron chi connectivity index (χ1n) is 8.96. The standard InChI is InChI=1S/C19H26Cl2O6/c20-14-10-9-13(15(21)11-14)7-5-3-1-2-4-6-8-16(22)19(27,18(25)26)12-17(23)24/h9-11,16,22,27H,1-8,12H2,(H,23,24)(H,25,26)/t16-,19+/m1/s1. The Kier molecular flexibility index (Phi) is 10.1. The highest BCUT2D eigenvalue weighted by molar-refractivity contribution is 6.35. The van der Waals surface area contributed by atoms with Gasteiger partial charge in [0.1, 0.15) is 0 Å². The van der Waals surface area contributed by atoms with Gasteiger partial charge in [-0.05, 0) is 37.0 Å². The van der Waals surface area contributed by atoms with Gasteiger partial charge in [0, 0.05) is 10.0 Å². The SMILES string of the molecule is O=C(O)C[C@@](O)(C(=O)O)[C@H](O)CCCCCCCCc1ccc(Cl)cc1Cl. The van der Waals surface area contributed by atoms with E-state index in [9.17, 15) is 19.8 Å². The van der Waals surface area contributed by atoms with Crippen molar-refractivity contribution in [1.82, 2.24) is 0 Å². The zero-order chi connectivity index (χ0) is 20.4. The third-order valence-electron chi connectivity index (χ3n) is 4.53. The molecule has 0 saturated carbocycles. The molecular formula is C19H26Cl2O6. The van der Waals surface area contributed by atoms with Crippen LogP contribution >= 0.6 is 23.2 Å². The van der Waals surface area contributed by atoms with Gasteiger partial charge >= 0.3 is 11.9 Å². The second-order valence-corrected chi connectivity index (χ2v) is 7.56. The zero-order valence-corrected chi connectivity index (χ0v) is 16.5. The van der Waals surface area contributed by atoms with Crippen molar-refractivity contribution < 1.29 is 30.0 Å². The molecule has 0 fully saturated rings. The maximum atomic E-state index is 11.1. The molecule has 152 valence electrons. The molecule has 0 aliphatic heterocycles. The summed E-state index contributed by atoms with van der Waals surface area (Å²) >= 11 is 12.0. The molecule has 0 bridgehead atoms. The molecule has 0 spiro atoms. The summed E-state index contributed by atoms with van der Waals surface area (Å²) in [5, 5.41) is 38.8. The number of aliphatic hydroxyl groups is 2. The second kappa shape index (κ2) is 11.5. The smallest absolute Gasteiger partial charge is 0.339 e. The van der Waals surface area contributed by atoms with Gasteiger partial charge in [0.2, 0.25) is 0 Å². The number of hydrogen-bond acceptors (Lipinski definition) is 4. The van der Waals surface area contributed by atoms with Crippen LogP contribution in [0.1, 0.15) is 56.9 Å². The molecule has 1 rings (SSSR count). The van der Waals surface area contributed by atoms with E-state index < -0.39 is 30.1 Å². The van der Waals surface area contributed by atoms with E-state index in [1.165, 1.54) is 0 Å². The Labute approximate surface area is 168 Å². The Bertz CT molecular complexity index is 637. The molecule has 4 N–H and O–H groups in total. The number of carboxylic acid groups (broad SMARTS) is 2. The van der Waals surface area contributed by atoms with Gasteiger partial charge in [0.05, 0.1) is 12.5 Å². The Morgan fingerprint density at radius 2 is 1.59 bits per heavy atom. The number of hydrogen-bond donors (Lipinski definition) is 4. The van der Waals surface area contributed by atoms with Gasteiger partial charge in [0.25, 0.3) is 0 Å². The van der Waals surface area contributed by atoms with Crippen molar-refractivity contribution in [3.63, 3.8) is 0 Å². The van der Waals surface area contributed by atoms with Gasteiger partial charge in [-0.25, -0.2) is 4.79 Å². The van der Waals surface area contributed by atoms with Crippen LogP contribution in [-0.4, -0.2) is 44.1 Å². The summed E-state index contributed by atoms with van der Waals surface area (Å²) in [6.07, 6.45) is 3.44. The van der Waals surface area contributed by atoms with Crippen molar-refractivity contribution in [2.24, 2.45) is 0 Å². The van der Waals surface area contributed by atoms with E-state index in [2.05, 4.69) is 0 Å². The summed E-state index contributed by atoms with van der Waals surface area (Å²) in [6, 6.07) is 5.47. The highest BCUT2D eigenvalue weighted by Crippen LogP contribution is 2.24. The summed E-state index contributed by atoms with van der Waals surface area (Å²) in [5.41, 5.74) is -1.58. The molecule has 0 aromatic heterocycles. The molecule has 8 heteroatoms. The minimum atomic E-state index is -2.65. The van der Waals surface area contributed by atoms with Crippen LogP contribution in [0, 0.1) is 0 Å². The summed E-state index contributed by atoms with van der Waals surface area (Å²) in [6.45, 7) is 0. The number of aliphatic hydroxyl groups excluding tert-OH is 1. The molecule has 0 unspecified atom stereocenters. The van der Waals surface area contributed by atoms with E-state index in [-0.39, 0.29) is 6.42 Å². The van der Waals surface area contributed by atoms with Crippen molar-refractivity contribution in [2.45, 2.75) is 69.5 Å². The third-order valence-corrected chi connectivity index (χ3v) is 5.12. The Morgan fingerprint density at radius 3 is 2.15 bits per heavy atom.